The fraction of sp³-hybridized carbons (Fsp3) is 0.500. The SMILES string of the molecule is COc1ccc(C(C)N2C3CCC2CC(C(=O)c2ccc(C(F)(F)F)cc2)C3)c(C)c1C. The number of halogens is 3. The molecule has 2 aromatic rings. The van der Waals surface area contributed by atoms with E-state index >= 15 is 0 Å². The van der Waals surface area contributed by atoms with Gasteiger partial charge in [0, 0.05) is 29.6 Å². The van der Waals surface area contributed by atoms with Crippen molar-refractivity contribution in [1.82, 2.24) is 4.90 Å². The first-order valence-corrected chi connectivity index (χ1v) is 11.2. The average molecular weight is 446 g/mol. The van der Waals surface area contributed by atoms with Crippen LogP contribution in [-0.2, 0) is 6.18 Å². The van der Waals surface area contributed by atoms with Crippen LogP contribution < -0.4 is 4.74 Å². The minimum atomic E-state index is -4.39. The van der Waals surface area contributed by atoms with Crippen molar-refractivity contribution in [3.05, 3.63) is 64.2 Å². The van der Waals surface area contributed by atoms with Crippen molar-refractivity contribution >= 4 is 5.78 Å². The first-order chi connectivity index (χ1) is 15.1. The Kier molecular flexibility index (Phi) is 6.10. The van der Waals surface area contributed by atoms with Crippen LogP contribution in [-0.4, -0.2) is 29.9 Å². The van der Waals surface area contributed by atoms with E-state index in [1.807, 2.05) is 6.07 Å². The smallest absolute Gasteiger partial charge is 0.416 e. The van der Waals surface area contributed by atoms with Gasteiger partial charge >= 0.3 is 6.18 Å². The van der Waals surface area contributed by atoms with Crippen LogP contribution >= 0.6 is 0 Å². The Morgan fingerprint density at radius 2 is 1.59 bits per heavy atom. The lowest BCUT2D eigenvalue weighted by molar-refractivity contribution is -0.137. The Morgan fingerprint density at radius 3 is 2.12 bits per heavy atom. The van der Waals surface area contributed by atoms with Gasteiger partial charge in [-0.2, -0.15) is 13.2 Å². The van der Waals surface area contributed by atoms with E-state index in [2.05, 4.69) is 31.7 Å². The Bertz CT molecular complexity index is 985. The van der Waals surface area contributed by atoms with Gasteiger partial charge in [0.2, 0.25) is 0 Å². The van der Waals surface area contributed by atoms with Gasteiger partial charge in [0.25, 0.3) is 0 Å². The van der Waals surface area contributed by atoms with Gasteiger partial charge in [0.05, 0.1) is 12.7 Å². The number of Topliss-reactive ketones (excluding diaryl/α,β-unsaturated/α-hetero) is 1. The van der Waals surface area contributed by atoms with Gasteiger partial charge in [-0.25, -0.2) is 0 Å². The molecule has 2 saturated heterocycles. The third-order valence-corrected chi connectivity index (χ3v) is 7.55. The molecule has 6 heteroatoms. The molecular weight excluding hydrogens is 415 g/mol. The molecule has 2 bridgehead atoms. The van der Waals surface area contributed by atoms with Crippen molar-refractivity contribution < 1.29 is 22.7 Å². The molecular formula is C26H30F3NO2. The van der Waals surface area contributed by atoms with Gasteiger partial charge in [0.15, 0.2) is 5.78 Å². The number of fused-ring (bicyclic) bond motifs is 2. The molecule has 0 radical (unpaired) electrons. The third kappa shape index (κ3) is 4.05. The molecule has 0 N–H and O–H groups in total. The van der Waals surface area contributed by atoms with E-state index in [9.17, 15) is 18.0 Å². The number of benzene rings is 2. The van der Waals surface area contributed by atoms with Gasteiger partial charge in [-0.15, -0.1) is 0 Å². The molecule has 0 aliphatic carbocycles. The van der Waals surface area contributed by atoms with E-state index in [0.717, 1.165) is 49.1 Å². The number of rotatable bonds is 5. The molecule has 172 valence electrons. The van der Waals surface area contributed by atoms with E-state index in [1.165, 1.54) is 23.3 Å². The van der Waals surface area contributed by atoms with E-state index in [0.29, 0.717) is 17.6 Å². The lowest BCUT2D eigenvalue weighted by Gasteiger charge is -2.43. The first-order valence-electron chi connectivity index (χ1n) is 11.2. The van der Waals surface area contributed by atoms with Crippen molar-refractivity contribution in [3.63, 3.8) is 0 Å². The Balaban J connectivity index is 1.50. The lowest BCUT2D eigenvalue weighted by atomic mass is 9.83. The standard InChI is InChI=1S/C26H30F3NO2/c1-15-16(2)24(32-4)12-11-23(15)17(3)30-21-9-10-22(30)14-19(13-21)25(31)18-5-7-20(8-6-18)26(27,28)29/h5-8,11-12,17,19,21-22H,9-10,13-14H2,1-4H3. The van der Waals surface area contributed by atoms with Gasteiger partial charge < -0.3 is 4.74 Å². The van der Waals surface area contributed by atoms with Crippen LogP contribution in [0.15, 0.2) is 36.4 Å². The quantitative estimate of drug-likeness (QED) is 0.491. The van der Waals surface area contributed by atoms with Gasteiger partial charge in [-0.05, 0) is 81.3 Å². The minimum Gasteiger partial charge on any atom is -0.496 e. The highest BCUT2D eigenvalue weighted by molar-refractivity contribution is 5.98. The third-order valence-electron chi connectivity index (χ3n) is 7.55. The molecule has 0 amide bonds. The predicted octanol–water partition coefficient (Wildman–Crippen LogP) is 6.52. The molecule has 2 aromatic carbocycles. The van der Waals surface area contributed by atoms with Crippen molar-refractivity contribution in [2.24, 2.45) is 5.92 Å². The van der Waals surface area contributed by atoms with E-state index in [-0.39, 0.29) is 17.7 Å². The largest absolute Gasteiger partial charge is 0.496 e. The molecule has 32 heavy (non-hydrogen) atoms. The summed E-state index contributed by atoms with van der Waals surface area (Å²) < 4.78 is 44.0. The molecule has 3 unspecified atom stereocenters. The second-order valence-electron chi connectivity index (χ2n) is 9.22. The van der Waals surface area contributed by atoms with Crippen LogP contribution in [0.25, 0.3) is 0 Å². The average Bonchev–Trinajstić information content (AvgIpc) is 3.03. The minimum absolute atomic E-state index is 0.0283. The fourth-order valence-corrected chi connectivity index (χ4v) is 5.77. The number of nitrogens with zero attached hydrogens (tertiary/aromatic N) is 1. The lowest BCUT2D eigenvalue weighted by Crippen LogP contribution is -2.46. The highest BCUT2D eigenvalue weighted by Crippen LogP contribution is 2.45. The maximum atomic E-state index is 13.1. The molecule has 3 atom stereocenters. The summed E-state index contributed by atoms with van der Waals surface area (Å²) in [6, 6.07) is 9.70. The Morgan fingerprint density at radius 1 is 1.00 bits per heavy atom. The number of alkyl halides is 3. The number of ether oxygens (including phenoxy) is 1. The molecule has 0 spiro atoms. The topological polar surface area (TPSA) is 29.5 Å². The highest BCUT2D eigenvalue weighted by Gasteiger charge is 2.45. The predicted molar refractivity (Wildman–Crippen MR) is 118 cm³/mol. The summed E-state index contributed by atoms with van der Waals surface area (Å²) in [6.45, 7) is 6.44. The van der Waals surface area contributed by atoms with E-state index < -0.39 is 11.7 Å². The number of hydrogen-bond acceptors (Lipinski definition) is 3. The molecule has 2 fully saturated rings. The van der Waals surface area contributed by atoms with Crippen LogP contribution in [0.1, 0.15) is 71.3 Å². The molecule has 0 aromatic heterocycles. The summed E-state index contributed by atoms with van der Waals surface area (Å²) in [5, 5.41) is 0. The zero-order valence-corrected chi connectivity index (χ0v) is 19.0. The summed E-state index contributed by atoms with van der Waals surface area (Å²) in [5.74, 6) is 0.730. The second-order valence-corrected chi connectivity index (χ2v) is 9.22. The fourth-order valence-electron chi connectivity index (χ4n) is 5.77. The number of ketones is 1. The normalized spacial score (nSPS) is 24.4. The Hall–Kier alpha value is -2.34. The molecule has 4 rings (SSSR count). The molecule has 2 heterocycles. The summed E-state index contributed by atoms with van der Waals surface area (Å²) >= 11 is 0. The molecule has 0 saturated carbocycles. The monoisotopic (exact) mass is 445 g/mol. The van der Waals surface area contributed by atoms with Crippen LogP contribution in [0.2, 0.25) is 0 Å². The van der Waals surface area contributed by atoms with E-state index in [4.69, 9.17) is 4.74 Å². The van der Waals surface area contributed by atoms with Crippen LogP contribution in [0.5, 0.6) is 5.75 Å². The van der Waals surface area contributed by atoms with Crippen LogP contribution in [0.4, 0.5) is 13.2 Å². The maximum Gasteiger partial charge on any atom is 0.416 e. The van der Waals surface area contributed by atoms with Crippen LogP contribution in [0, 0.1) is 19.8 Å². The van der Waals surface area contributed by atoms with E-state index in [1.54, 1.807) is 7.11 Å². The first kappa shape index (κ1) is 22.8. The number of methoxy groups -OCH3 is 1. The number of carbonyl (C=O) groups is 1. The maximum absolute atomic E-state index is 13.1. The van der Waals surface area contributed by atoms with Gasteiger partial charge in [-0.3, -0.25) is 9.69 Å². The van der Waals surface area contributed by atoms with Crippen molar-refractivity contribution in [2.75, 3.05) is 7.11 Å². The van der Waals surface area contributed by atoms with Gasteiger partial charge in [-0.1, -0.05) is 18.2 Å². The molecule has 2 aliphatic rings. The van der Waals surface area contributed by atoms with Crippen molar-refractivity contribution in [2.45, 2.75) is 70.8 Å². The summed E-state index contributed by atoms with van der Waals surface area (Å²) in [5.41, 5.74) is 3.33. The molecule has 3 nitrogen and oxygen atoms in total. The Labute approximate surface area is 187 Å². The van der Waals surface area contributed by atoms with Gasteiger partial charge in [0.1, 0.15) is 5.75 Å². The molecule has 2 aliphatic heterocycles. The highest BCUT2D eigenvalue weighted by atomic mass is 19.4. The summed E-state index contributed by atoms with van der Waals surface area (Å²) in [4.78, 5) is 15.6. The van der Waals surface area contributed by atoms with Crippen molar-refractivity contribution in [3.8, 4) is 5.75 Å². The zero-order chi connectivity index (χ0) is 23.2. The number of carbonyl (C=O) groups excluding carboxylic acids is 1. The van der Waals surface area contributed by atoms with Crippen molar-refractivity contribution in [1.29, 1.82) is 0 Å². The summed E-state index contributed by atoms with van der Waals surface area (Å²) in [6.07, 6.45) is -0.760. The second kappa shape index (κ2) is 8.54. The summed E-state index contributed by atoms with van der Waals surface area (Å²) in [7, 11) is 1.68. The number of hydrogen-bond donors (Lipinski definition) is 0. The van der Waals surface area contributed by atoms with Crippen LogP contribution in [0.3, 0.4) is 0 Å². The zero-order valence-electron chi connectivity index (χ0n) is 19.0. The number of piperidine rings is 1.